The number of aliphatic hydroxyl groups is 1. The molecule has 0 aromatic heterocycles. The summed E-state index contributed by atoms with van der Waals surface area (Å²) in [5.74, 6) is 0. The van der Waals surface area contributed by atoms with E-state index in [0.29, 0.717) is 18.7 Å². The maximum Gasteiger partial charge on any atom is 0.319 e. The lowest BCUT2D eigenvalue weighted by Crippen LogP contribution is -2.31. The second kappa shape index (κ2) is 8.01. The zero-order chi connectivity index (χ0) is 15.1. The smallest absolute Gasteiger partial charge is 0.319 e. The minimum Gasteiger partial charge on any atom is -0.389 e. The van der Waals surface area contributed by atoms with E-state index in [-0.39, 0.29) is 11.3 Å². The summed E-state index contributed by atoms with van der Waals surface area (Å²) in [6.07, 6.45) is 1.76. The molecule has 0 aliphatic heterocycles. The molecule has 0 spiro atoms. The van der Waals surface area contributed by atoms with Gasteiger partial charge in [-0.15, -0.1) is 0 Å². The highest BCUT2D eigenvalue weighted by Gasteiger charge is 2.08. The molecule has 1 aromatic rings. The summed E-state index contributed by atoms with van der Waals surface area (Å²) in [6.45, 7) is 4.04. The summed E-state index contributed by atoms with van der Waals surface area (Å²) in [4.78, 5) is 11.7. The van der Waals surface area contributed by atoms with Crippen LogP contribution in [0.5, 0.6) is 0 Å². The Kier molecular flexibility index (Phi) is 6.67. The molecule has 2 amide bonds. The van der Waals surface area contributed by atoms with Gasteiger partial charge in [0.15, 0.2) is 0 Å². The van der Waals surface area contributed by atoms with Gasteiger partial charge in [0.25, 0.3) is 0 Å². The van der Waals surface area contributed by atoms with Crippen LogP contribution in [0.1, 0.15) is 31.9 Å². The Labute approximate surface area is 122 Å². The first-order valence-corrected chi connectivity index (χ1v) is 8.17. The number of aliphatic hydroxyl groups excluding tert-OH is 1. The Balaban J connectivity index is 2.42. The molecular formula is C14H22N2O3S. The van der Waals surface area contributed by atoms with Crippen molar-refractivity contribution in [1.82, 2.24) is 5.32 Å². The average molecular weight is 298 g/mol. The predicted octanol–water partition coefficient (Wildman–Crippen LogP) is 2.02. The monoisotopic (exact) mass is 298 g/mol. The fourth-order valence-corrected chi connectivity index (χ4v) is 2.06. The molecule has 3 N–H and O–H groups in total. The zero-order valence-electron chi connectivity index (χ0n) is 12.1. The zero-order valence-corrected chi connectivity index (χ0v) is 12.9. The second-order valence-electron chi connectivity index (χ2n) is 4.78. The van der Waals surface area contributed by atoms with Crippen molar-refractivity contribution in [3.05, 3.63) is 29.8 Å². The number of urea groups is 1. The number of amides is 2. The van der Waals surface area contributed by atoms with E-state index in [1.807, 2.05) is 6.92 Å². The SMILES string of the molecule is CC(O)c1cccc(NC(=O)NCCC(C)S(C)=O)c1. The highest BCUT2D eigenvalue weighted by atomic mass is 32.2. The van der Waals surface area contributed by atoms with Crippen molar-refractivity contribution in [3.8, 4) is 0 Å². The standard InChI is InChI=1S/C14H22N2O3S/c1-10(20(3)19)7-8-15-14(18)16-13-6-4-5-12(9-13)11(2)17/h4-6,9-11,17H,7-8H2,1-3H3,(H2,15,16,18). The van der Waals surface area contributed by atoms with Gasteiger partial charge < -0.3 is 15.7 Å². The van der Waals surface area contributed by atoms with Crippen LogP contribution in [0, 0.1) is 0 Å². The molecular weight excluding hydrogens is 276 g/mol. The molecule has 5 nitrogen and oxygen atoms in total. The maximum atomic E-state index is 11.7. The van der Waals surface area contributed by atoms with Crippen LogP contribution >= 0.6 is 0 Å². The number of anilines is 1. The number of nitrogens with one attached hydrogen (secondary N) is 2. The number of hydrogen-bond donors (Lipinski definition) is 3. The largest absolute Gasteiger partial charge is 0.389 e. The second-order valence-corrected chi connectivity index (χ2v) is 6.58. The van der Waals surface area contributed by atoms with Crippen molar-refractivity contribution in [2.24, 2.45) is 0 Å². The number of hydrogen-bond acceptors (Lipinski definition) is 3. The summed E-state index contributed by atoms with van der Waals surface area (Å²) >= 11 is 0. The highest BCUT2D eigenvalue weighted by molar-refractivity contribution is 7.84. The molecule has 0 radical (unpaired) electrons. The van der Waals surface area contributed by atoms with Gasteiger partial charge in [0.1, 0.15) is 0 Å². The number of carbonyl (C=O) groups is 1. The van der Waals surface area contributed by atoms with Crippen LogP contribution < -0.4 is 10.6 Å². The third kappa shape index (κ3) is 5.71. The third-order valence-electron chi connectivity index (χ3n) is 3.03. The lowest BCUT2D eigenvalue weighted by molar-refractivity contribution is 0.199. The molecule has 0 fully saturated rings. The molecule has 0 heterocycles. The third-order valence-corrected chi connectivity index (χ3v) is 4.40. The minimum atomic E-state index is -0.871. The van der Waals surface area contributed by atoms with Gasteiger partial charge in [0.2, 0.25) is 0 Å². The van der Waals surface area contributed by atoms with Gasteiger partial charge in [0.05, 0.1) is 6.10 Å². The Morgan fingerprint density at radius 3 is 2.70 bits per heavy atom. The summed E-state index contributed by atoms with van der Waals surface area (Å²) in [5.41, 5.74) is 1.38. The van der Waals surface area contributed by atoms with E-state index in [9.17, 15) is 14.1 Å². The van der Waals surface area contributed by atoms with Gasteiger partial charge in [-0.1, -0.05) is 19.1 Å². The van der Waals surface area contributed by atoms with Crippen LogP contribution in [0.3, 0.4) is 0 Å². The molecule has 0 bridgehead atoms. The van der Waals surface area contributed by atoms with E-state index in [0.717, 1.165) is 5.56 Å². The van der Waals surface area contributed by atoms with E-state index < -0.39 is 16.9 Å². The van der Waals surface area contributed by atoms with Crippen LogP contribution in [-0.4, -0.2) is 33.4 Å². The van der Waals surface area contributed by atoms with Gasteiger partial charge in [-0.05, 0) is 31.0 Å². The molecule has 20 heavy (non-hydrogen) atoms. The van der Waals surface area contributed by atoms with Crippen molar-refractivity contribution in [2.75, 3.05) is 18.1 Å². The van der Waals surface area contributed by atoms with Crippen LogP contribution in [0.15, 0.2) is 24.3 Å². The first kappa shape index (κ1) is 16.7. The van der Waals surface area contributed by atoms with Crippen molar-refractivity contribution in [2.45, 2.75) is 31.6 Å². The van der Waals surface area contributed by atoms with Crippen molar-refractivity contribution >= 4 is 22.5 Å². The van der Waals surface area contributed by atoms with Crippen LogP contribution in [-0.2, 0) is 10.8 Å². The lowest BCUT2D eigenvalue weighted by Gasteiger charge is -2.11. The van der Waals surface area contributed by atoms with Crippen LogP contribution in [0.25, 0.3) is 0 Å². The number of benzene rings is 1. The Morgan fingerprint density at radius 1 is 1.40 bits per heavy atom. The minimum absolute atomic E-state index is 0.0638. The normalized spacial score (nSPS) is 15.2. The van der Waals surface area contributed by atoms with Gasteiger partial charge >= 0.3 is 6.03 Å². The van der Waals surface area contributed by atoms with E-state index in [4.69, 9.17) is 0 Å². The van der Waals surface area contributed by atoms with Crippen LogP contribution in [0.2, 0.25) is 0 Å². The first-order chi connectivity index (χ1) is 9.40. The van der Waals surface area contributed by atoms with Gasteiger partial charge in [-0.3, -0.25) is 4.21 Å². The maximum absolute atomic E-state index is 11.7. The summed E-state index contributed by atoms with van der Waals surface area (Å²) in [7, 11) is -0.871. The topological polar surface area (TPSA) is 78.4 Å². The molecule has 0 saturated heterocycles. The molecule has 112 valence electrons. The molecule has 0 aliphatic carbocycles. The fraction of sp³-hybridized carbons (Fsp3) is 0.500. The van der Waals surface area contributed by atoms with Crippen molar-refractivity contribution in [1.29, 1.82) is 0 Å². The highest BCUT2D eigenvalue weighted by Crippen LogP contribution is 2.16. The Hall–Kier alpha value is -1.40. The van der Waals surface area contributed by atoms with E-state index in [2.05, 4.69) is 10.6 Å². The summed E-state index contributed by atoms with van der Waals surface area (Å²) in [6, 6.07) is 6.76. The van der Waals surface area contributed by atoms with Gasteiger partial charge in [0, 0.05) is 34.5 Å². The first-order valence-electron chi connectivity index (χ1n) is 6.55. The molecule has 1 aromatic carbocycles. The molecule has 3 unspecified atom stereocenters. The summed E-state index contributed by atoms with van der Waals surface area (Å²) in [5, 5.41) is 15.0. The molecule has 6 heteroatoms. The number of rotatable bonds is 6. The van der Waals surface area contributed by atoms with Gasteiger partial charge in [-0.2, -0.15) is 0 Å². The number of carbonyl (C=O) groups excluding carboxylic acids is 1. The van der Waals surface area contributed by atoms with Gasteiger partial charge in [-0.25, -0.2) is 4.79 Å². The van der Waals surface area contributed by atoms with E-state index in [1.165, 1.54) is 0 Å². The molecule has 1 rings (SSSR count). The predicted molar refractivity (Wildman–Crippen MR) is 82.2 cm³/mol. The quantitative estimate of drug-likeness (QED) is 0.752. The molecule has 0 saturated carbocycles. The van der Waals surface area contributed by atoms with E-state index >= 15 is 0 Å². The molecule has 0 aliphatic rings. The lowest BCUT2D eigenvalue weighted by atomic mass is 10.1. The van der Waals surface area contributed by atoms with E-state index in [1.54, 1.807) is 37.4 Å². The Bertz CT molecular complexity index is 477. The molecule has 3 atom stereocenters. The fourth-order valence-electron chi connectivity index (χ4n) is 1.61. The van der Waals surface area contributed by atoms with Crippen molar-refractivity contribution < 1.29 is 14.1 Å². The summed E-state index contributed by atoms with van der Waals surface area (Å²) < 4.78 is 11.2. The van der Waals surface area contributed by atoms with Crippen LogP contribution in [0.4, 0.5) is 10.5 Å². The Morgan fingerprint density at radius 2 is 2.10 bits per heavy atom. The van der Waals surface area contributed by atoms with Crippen molar-refractivity contribution in [3.63, 3.8) is 0 Å². The average Bonchev–Trinajstić information content (AvgIpc) is 2.38.